The Morgan fingerprint density at radius 1 is 0.938 bits per heavy atom. The van der Waals surface area contributed by atoms with Crippen molar-refractivity contribution >= 4 is 17.8 Å². The number of para-hydroxylation sites is 1. The number of allylic oxidation sites excluding steroid dienone is 1. The molecule has 32 heavy (non-hydrogen) atoms. The van der Waals surface area contributed by atoms with Gasteiger partial charge in [0.05, 0.1) is 19.8 Å². The van der Waals surface area contributed by atoms with Gasteiger partial charge in [0.1, 0.15) is 29.7 Å². The molecule has 0 bridgehead atoms. The summed E-state index contributed by atoms with van der Waals surface area (Å²) in [5, 5.41) is 9.59. The van der Waals surface area contributed by atoms with Crippen LogP contribution in [0, 0.1) is 11.3 Å². The zero-order chi connectivity index (χ0) is 22.9. The molecule has 160 valence electrons. The van der Waals surface area contributed by atoms with Crippen molar-refractivity contribution in [2.45, 2.75) is 6.61 Å². The van der Waals surface area contributed by atoms with Gasteiger partial charge in [-0.25, -0.2) is 4.79 Å². The number of nitrogens with zero attached hydrogens (tertiary/aromatic N) is 1. The predicted molar refractivity (Wildman–Crippen MR) is 119 cm³/mol. The van der Waals surface area contributed by atoms with Gasteiger partial charge in [-0.3, -0.25) is 4.79 Å². The number of carbonyl (C=O) groups is 2. The molecule has 0 atom stereocenters. The molecule has 0 radical (unpaired) electrons. The monoisotopic (exact) mass is 427 g/mol. The molecule has 6 nitrogen and oxygen atoms in total. The van der Waals surface area contributed by atoms with Gasteiger partial charge in [-0.05, 0) is 42.0 Å². The van der Waals surface area contributed by atoms with Gasteiger partial charge >= 0.3 is 5.97 Å². The van der Waals surface area contributed by atoms with Crippen molar-refractivity contribution in [2.75, 3.05) is 14.2 Å². The maximum Gasteiger partial charge on any atom is 0.337 e. The standard InChI is InChI=1S/C26H21NO5/c1-30-23-8-5-7-21(15-23)25(28)22(16-27)14-20-6-3-4-9-24(20)32-17-18-10-12-19(13-11-18)26(29)31-2/h3-15H,17H2,1-2H3/b22-14+. The molecule has 3 aromatic carbocycles. The van der Waals surface area contributed by atoms with Gasteiger partial charge in [-0.15, -0.1) is 0 Å². The number of hydrogen-bond acceptors (Lipinski definition) is 6. The summed E-state index contributed by atoms with van der Waals surface area (Å²) in [7, 11) is 2.85. The van der Waals surface area contributed by atoms with Crippen LogP contribution in [0.25, 0.3) is 6.08 Å². The SMILES string of the molecule is COC(=O)c1ccc(COc2ccccc2/C=C(\C#N)C(=O)c2cccc(OC)c2)cc1. The maximum atomic E-state index is 12.8. The van der Waals surface area contributed by atoms with Crippen molar-refractivity contribution in [1.82, 2.24) is 0 Å². The fraction of sp³-hybridized carbons (Fsp3) is 0.115. The van der Waals surface area contributed by atoms with Gasteiger partial charge < -0.3 is 14.2 Å². The van der Waals surface area contributed by atoms with E-state index in [9.17, 15) is 14.9 Å². The molecule has 3 rings (SSSR count). The third-order valence-corrected chi connectivity index (χ3v) is 4.69. The summed E-state index contributed by atoms with van der Waals surface area (Å²) in [5.74, 6) is 0.253. The lowest BCUT2D eigenvalue weighted by Gasteiger charge is -2.10. The van der Waals surface area contributed by atoms with Crippen molar-refractivity contribution in [3.63, 3.8) is 0 Å². The largest absolute Gasteiger partial charge is 0.497 e. The first kappa shape index (κ1) is 22.3. The van der Waals surface area contributed by atoms with E-state index in [1.54, 1.807) is 66.7 Å². The zero-order valence-corrected chi connectivity index (χ0v) is 17.7. The molecule has 0 aromatic heterocycles. The molecule has 0 amide bonds. The van der Waals surface area contributed by atoms with E-state index in [4.69, 9.17) is 14.2 Å². The first-order valence-electron chi connectivity index (χ1n) is 9.75. The summed E-state index contributed by atoms with van der Waals surface area (Å²) in [6.07, 6.45) is 1.51. The molecule has 0 aliphatic carbocycles. The Kier molecular flexibility index (Phi) is 7.39. The number of ether oxygens (including phenoxy) is 3. The van der Waals surface area contributed by atoms with Gasteiger partial charge in [0.25, 0.3) is 0 Å². The molecule has 3 aromatic rings. The number of ketones is 1. The molecule has 0 heterocycles. The van der Waals surface area contributed by atoms with Gasteiger partial charge in [-0.1, -0.05) is 42.5 Å². The molecule has 0 aliphatic rings. The number of carbonyl (C=O) groups excluding carboxylic acids is 2. The lowest BCUT2D eigenvalue weighted by Crippen LogP contribution is -2.03. The topological polar surface area (TPSA) is 85.6 Å². The molecule has 0 unspecified atom stereocenters. The third-order valence-electron chi connectivity index (χ3n) is 4.69. The van der Waals surface area contributed by atoms with E-state index in [1.807, 2.05) is 12.1 Å². The maximum absolute atomic E-state index is 12.8. The summed E-state index contributed by atoms with van der Waals surface area (Å²) >= 11 is 0. The molecule has 0 spiro atoms. The van der Waals surface area contributed by atoms with E-state index in [-0.39, 0.29) is 12.2 Å². The van der Waals surface area contributed by atoms with Crippen molar-refractivity contribution < 1.29 is 23.8 Å². The van der Waals surface area contributed by atoms with E-state index in [0.717, 1.165) is 5.56 Å². The molecule has 6 heteroatoms. The minimum atomic E-state index is -0.405. The number of methoxy groups -OCH3 is 2. The summed E-state index contributed by atoms with van der Waals surface area (Å²) in [6, 6.07) is 22.7. The number of rotatable bonds is 8. The highest BCUT2D eigenvalue weighted by Crippen LogP contribution is 2.24. The highest BCUT2D eigenvalue weighted by molar-refractivity contribution is 6.14. The molecule has 0 saturated heterocycles. The van der Waals surface area contributed by atoms with Crippen LogP contribution in [0.3, 0.4) is 0 Å². The second-order valence-electron chi connectivity index (χ2n) is 6.75. The number of Topliss-reactive ketones (excluding diaryl/α,β-unsaturated/α-hetero) is 1. The molecule has 0 saturated carbocycles. The summed E-state index contributed by atoms with van der Waals surface area (Å²) in [4.78, 5) is 24.4. The van der Waals surface area contributed by atoms with Crippen LogP contribution in [-0.2, 0) is 11.3 Å². The Bertz CT molecular complexity index is 1190. The van der Waals surface area contributed by atoms with Crippen LogP contribution in [0.5, 0.6) is 11.5 Å². The van der Waals surface area contributed by atoms with E-state index in [0.29, 0.717) is 28.2 Å². The first-order chi connectivity index (χ1) is 15.5. The summed E-state index contributed by atoms with van der Waals surface area (Å²) in [6.45, 7) is 0.248. The summed E-state index contributed by atoms with van der Waals surface area (Å²) < 4.78 is 15.8. The highest BCUT2D eigenvalue weighted by atomic mass is 16.5. The minimum absolute atomic E-state index is 0.0169. The smallest absolute Gasteiger partial charge is 0.337 e. The van der Waals surface area contributed by atoms with Crippen molar-refractivity contribution in [3.05, 3.63) is 101 Å². The van der Waals surface area contributed by atoms with Gasteiger partial charge in [0.2, 0.25) is 5.78 Å². The normalized spacial score (nSPS) is 10.7. The van der Waals surface area contributed by atoms with Crippen LogP contribution in [-0.4, -0.2) is 26.0 Å². The number of nitriles is 1. The van der Waals surface area contributed by atoms with E-state index < -0.39 is 11.8 Å². The Balaban J connectivity index is 1.80. The second-order valence-corrected chi connectivity index (χ2v) is 6.75. The van der Waals surface area contributed by atoms with E-state index >= 15 is 0 Å². The van der Waals surface area contributed by atoms with Crippen molar-refractivity contribution in [1.29, 1.82) is 5.26 Å². The van der Waals surface area contributed by atoms with Crippen LogP contribution in [0.1, 0.15) is 31.8 Å². The molecule has 0 aliphatic heterocycles. The van der Waals surface area contributed by atoms with Crippen molar-refractivity contribution in [2.24, 2.45) is 0 Å². The molecular formula is C26H21NO5. The second kappa shape index (κ2) is 10.6. The lowest BCUT2D eigenvalue weighted by atomic mass is 10.0. The molecule has 0 fully saturated rings. The average molecular weight is 427 g/mol. The van der Waals surface area contributed by atoms with Gasteiger partial charge in [-0.2, -0.15) is 5.26 Å². The van der Waals surface area contributed by atoms with Crippen LogP contribution in [0.4, 0.5) is 0 Å². The van der Waals surface area contributed by atoms with Gasteiger partial charge in [0.15, 0.2) is 0 Å². The number of hydrogen-bond donors (Lipinski definition) is 0. The van der Waals surface area contributed by atoms with E-state index in [2.05, 4.69) is 0 Å². The van der Waals surface area contributed by atoms with E-state index in [1.165, 1.54) is 20.3 Å². The Morgan fingerprint density at radius 2 is 1.69 bits per heavy atom. The lowest BCUT2D eigenvalue weighted by molar-refractivity contribution is 0.0600. The van der Waals surface area contributed by atoms with Crippen LogP contribution in [0.2, 0.25) is 0 Å². The van der Waals surface area contributed by atoms with Crippen molar-refractivity contribution in [3.8, 4) is 17.6 Å². The number of esters is 1. The fourth-order valence-electron chi connectivity index (χ4n) is 2.97. The van der Waals surface area contributed by atoms with Crippen LogP contribution in [0.15, 0.2) is 78.4 Å². The Labute approximate surface area is 186 Å². The number of benzene rings is 3. The quantitative estimate of drug-likeness (QED) is 0.221. The first-order valence-corrected chi connectivity index (χ1v) is 9.75. The van der Waals surface area contributed by atoms with Crippen LogP contribution >= 0.6 is 0 Å². The third kappa shape index (κ3) is 5.41. The van der Waals surface area contributed by atoms with Gasteiger partial charge in [0, 0.05) is 11.1 Å². The predicted octanol–water partition coefficient (Wildman–Crippen LogP) is 4.85. The fourth-order valence-corrected chi connectivity index (χ4v) is 2.97. The highest BCUT2D eigenvalue weighted by Gasteiger charge is 2.14. The Hall–Kier alpha value is -4.37. The summed E-state index contributed by atoms with van der Waals surface area (Å²) in [5.41, 5.74) is 2.25. The minimum Gasteiger partial charge on any atom is -0.497 e. The average Bonchev–Trinajstić information content (AvgIpc) is 2.86. The zero-order valence-electron chi connectivity index (χ0n) is 17.7. The Morgan fingerprint density at radius 3 is 2.38 bits per heavy atom. The van der Waals surface area contributed by atoms with Crippen LogP contribution < -0.4 is 9.47 Å². The molecule has 0 N–H and O–H groups in total. The molecular weight excluding hydrogens is 406 g/mol.